The largest absolute Gasteiger partial charge is 0.508 e. The van der Waals surface area contributed by atoms with Gasteiger partial charge in [0.1, 0.15) is 23.1 Å². The second-order valence-corrected chi connectivity index (χ2v) is 9.39. The molecule has 0 saturated heterocycles. The predicted molar refractivity (Wildman–Crippen MR) is 148 cm³/mol. The van der Waals surface area contributed by atoms with Gasteiger partial charge in [0.15, 0.2) is 5.17 Å². The number of rotatable bonds is 9. The van der Waals surface area contributed by atoms with Gasteiger partial charge in [-0.25, -0.2) is 9.38 Å². The van der Waals surface area contributed by atoms with Crippen LogP contribution in [0.4, 0.5) is 10.1 Å². The Balaban J connectivity index is 1.72. The first-order valence-corrected chi connectivity index (χ1v) is 12.7. The van der Waals surface area contributed by atoms with Gasteiger partial charge in [-0.05, 0) is 72.1 Å². The molecular weight excluding hydrogens is 487 g/mol. The Morgan fingerprint density at radius 2 is 1.54 bits per heavy atom. The number of thioether (sulfide) groups is 1. The van der Waals surface area contributed by atoms with E-state index in [1.165, 1.54) is 23.9 Å². The first-order chi connectivity index (χ1) is 18.0. The van der Waals surface area contributed by atoms with Crippen LogP contribution >= 0.6 is 11.8 Å². The zero-order chi connectivity index (χ0) is 26.0. The number of benzene rings is 4. The number of nitrogens with zero attached hydrogens (tertiary/aromatic N) is 2. The number of aliphatic imine (C=N–C) groups is 1. The van der Waals surface area contributed by atoms with Crippen LogP contribution in [0.25, 0.3) is 0 Å². The van der Waals surface area contributed by atoms with Crippen molar-refractivity contribution in [2.75, 3.05) is 20.8 Å². The summed E-state index contributed by atoms with van der Waals surface area (Å²) < 4.78 is 24.3. The van der Waals surface area contributed by atoms with Gasteiger partial charge < -0.3 is 19.5 Å². The first-order valence-electron chi connectivity index (χ1n) is 11.8. The molecule has 1 N–H and O–H groups in total. The van der Waals surface area contributed by atoms with Crippen LogP contribution in [-0.4, -0.2) is 35.9 Å². The number of aromatic hydroxyl groups is 1. The SMILES string of the molecule is COc1cccc(N=C(Sc2cccc(OC)c2)N(CCc2ccc(F)cc2)Cc2cccc(O)c2)c1. The molecule has 0 aromatic heterocycles. The Hall–Kier alpha value is -3.97. The van der Waals surface area contributed by atoms with E-state index in [2.05, 4.69) is 4.90 Å². The fraction of sp³-hybridized carbons (Fsp3) is 0.167. The van der Waals surface area contributed by atoms with E-state index in [-0.39, 0.29) is 11.6 Å². The quantitative estimate of drug-likeness (QED) is 0.146. The summed E-state index contributed by atoms with van der Waals surface area (Å²) in [6.07, 6.45) is 0.689. The summed E-state index contributed by atoms with van der Waals surface area (Å²) in [7, 11) is 3.28. The van der Waals surface area contributed by atoms with Crippen LogP contribution in [0.5, 0.6) is 17.2 Å². The third-order valence-electron chi connectivity index (χ3n) is 5.67. The zero-order valence-electron chi connectivity index (χ0n) is 20.8. The van der Waals surface area contributed by atoms with Gasteiger partial charge in [0.2, 0.25) is 0 Å². The molecule has 0 spiro atoms. The molecule has 4 rings (SSSR count). The van der Waals surface area contributed by atoms with E-state index in [1.807, 2.05) is 60.7 Å². The minimum atomic E-state index is -0.255. The Morgan fingerprint density at radius 3 is 2.27 bits per heavy atom. The highest BCUT2D eigenvalue weighted by atomic mass is 32.2. The van der Waals surface area contributed by atoms with Crippen molar-refractivity contribution in [2.24, 2.45) is 4.99 Å². The van der Waals surface area contributed by atoms with Crippen molar-refractivity contribution >= 4 is 22.6 Å². The number of methoxy groups -OCH3 is 2. The number of phenolic OH excluding ortho intramolecular Hbond substituents is 1. The topological polar surface area (TPSA) is 54.3 Å². The average molecular weight is 517 g/mol. The van der Waals surface area contributed by atoms with Crippen LogP contribution in [0.3, 0.4) is 0 Å². The second-order valence-electron chi connectivity index (χ2n) is 8.34. The normalized spacial score (nSPS) is 11.3. The summed E-state index contributed by atoms with van der Waals surface area (Å²) in [6.45, 7) is 1.15. The van der Waals surface area contributed by atoms with E-state index in [0.717, 1.165) is 38.4 Å². The molecule has 190 valence electrons. The van der Waals surface area contributed by atoms with Gasteiger partial charge in [-0.1, -0.05) is 48.2 Å². The van der Waals surface area contributed by atoms with Gasteiger partial charge in [0, 0.05) is 24.1 Å². The van der Waals surface area contributed by atoms with Gasteiger partial charge in [-0.2, -0.15) is 0 Å². The number of amidine groups is 1. The van der Waals surface area contributed by atoms with Crippen LogP contribution in [0.15, 0.2) is 107 Å². The molecule has 37 heavy (non-hydrogen) atoms. The number of hydrogen-bond donors (Lipinski definition) is 1. The number of halogens is 1. The lowest BCUT2D eigenvalue weighted by Crippen LogP contribution is -2.30. The van der Waals surface area contributed by atoms with Crippen LogP contribution in [0.1, 0.15) is 11.1 Å². The van der Waals surface area contributed by atoms with Crippen molar-refractivity contribution in [1.29, 1.82) is 0 Å². The molecule has 0 aliphatic rings. The van der Waals surface area contributed by atoms with Crippen molar-refractivity contribution in [3.8, 4) is 17.2 Å². The van der Waals surface area contributed by atoms with Gasteiger partial charge in [0.25, 0.3) is 0 Å². The standard InChI is InChI=1S/C30H29FN2O3S/c1-35-27-9-4-7-25(19-27)32-30(37-29-11-5-10-28(20-29)36-2)33(21-23-6-3-8-26(34)18-23)17-16-22-12-14-24(31)15-13-22/h3-15,18-20,34H,16-17,21H2,1-2H3. The smallest absolute Gasteiger partial charge is 0.169 e. The van der Waals surface area contributed by atoms with E-state index in [9.17, 15) is 9.50 Å². The molecule has 0 amide bonds. The number of ether oxygens (including phenoxy) is 2. The number of phenols is 1. The first kappa shape index (κ1) is 26.1. The summed E-state index contributed by atoms with van der Waals surface area (Å²) in [4.78, 5) is 8.17. The molecule has 0 bridgehead atoms. The van der Waals surface area contributed by atoms with Crippen LogP contribution < -0.4 is 9.47 Å². The van der Waals surface area contributed by atoms with E-state index in [4.69, 9.17) is 14.5 Å². The van der Waals surface area contributed by atoms with E-state index >= 15 is 0 Å². The molecule has 5 nitrogen and oxygen atoms in total. The third-order valence-corrected chi connectivity index (χ3v) is 6.69. The minimum absolute atomic E-state index is 0.211. The van der Waals surface area contributed by atoms with Crippen molar-refractivity contribution in [3.05, 3.63) is 114 Å². The highest BCUT2D eigenvalue weighted by Gasteiger charge is 2.16. The molecule has 0 radical (unpaired) electrons. The molecular formula is C30H29FN2O3S. The maximum Gasteiger partial charge on any atom is 0.169 e. The van der Waals surface area contributed by atoms with Crippen molar-refractivity contribution in [2.45, 2.75) is 17.9 Å². The Morgan fingerprint density at radius 1 is 0.838 bits per heavy atom. The molecule has 0 saturated carbocycles. The third kappa shape index (κ3) is 7.75. The molecule has 0 atom stereocenters. The molecule has 4 aromatic carbocycles. The zero-order valence-corrected chi connectivity index (χ0v) is 21.6. The lowest BCUT2D eigenvalue weighted by molar-refractivity contribution is 0.413. The van der Waals surface area contributed by atoms with Crippen molar-refractivity contribution in [1.82, 2.24) is 4.90 Å². The fourth-order valence-corrected chi connectivity index (χ4v) is 4.72. The second kappa shape index (κ2) is 12.8. The summed E-state index contributed by atoms with van der Waals surface area (Å²) in [5, 5.41) is 10.8. The summed E-state index contributed by atoms with van der Waals surface area (Å²) in [6, 6.07) is 29.2. The van der Waals surface area contributed by atoms with Gasteiger partial charge in [0.05, 0.1) is 19.9 Å². The molecule has 0 heterocycles. The summed E-state index contributed by atoms with van der Waals surface area (Å²) in [5.74, 6) is 1.44. The Kier molecular flexibility index (Phi) is 9.05. The average Bonchev–Trinajstić information content (AvgIpc) is 2.92. The summed E-state index contributed by atoms with van der Waals surface area (Å²) >= 11 is 1.53. The van der Waals surface area contributed by atoms with Gasteiger partial charge in [-0.3, -0.25) is 0 Å². The molecule has 0 aliphatic carbocycles. The fourth-order valence-electron chi connectivity index (χ4n) is 3.75. The predicted octanol–water partition coefficient (Wildman–Crippen LogP) is 7.07. The number of hydrogen-bond acceptors (Lipinski definition) is 5. The minimum Gasteiger partial charge on any atom is -0.508 e. The molecule has 0 aliphatic heterocycles. The molecule has 7 heteroatoms. The van der Waals surface area contributed by atoms with Crippen molar-refractivity contribution in [3.63, 3.8) is 0 Å². The summed E-state index contributed by atoms with van der Waals surface area (Å²) in [5.41, 5.74) is 2.73. The molecule has 0 fully saturated rings. The van der Waals surface area contributed by atoms with E-state index in [0.29, 0.717) is 19.5 Å². The van der Waals surface area contributed by atoms with Crippen molar-refractivity contribution < 1.29 is 19.0 Å². The molecule has 4 aromatic rings. The Labute approximate surface area is 221 Å². The monoisotopic (exact) mass is 516 g/mol. The maximum atomic E-state index is 13.5. The van der Waals surface area contributed by atoms with E-state index < -0.39 is 0 Å². The van der Waals surface area contributed by atoms with Gasteiger partial charge in [-0.15, -0.1) is 0 Å². The van der Waals surface area contributed by atoms with Gasteiger partial charge >= 0.3 is 0 Å². The Bertz CT molecular complexity index is 1340. The highest BCUT2D eigenvalue weighted by Crippen LogP contribution is 2.30. The lowest BCUT2D eigenvalue weighted by atomic mass is 10.1. The van der Waals surface area contributed by atoms with Crippen LogP contribution in [0.2, 0.25) is 0 Å². The van der Waals surface area contributed by atoms with E-state index in [1.54, 1.807) is 38.5 Å². The van der Waals surface area contributed by atoms with Crippen LogP contribution in [0, 0.1) is 5.82 Å². The highest BCUT2D eigenvalue weighted by molar-refractivity contribution is 8.13. The molecule has 0 unspecified atom stereocenters. The van der Waals surface area contributed by atoms with Crippen LogP contribution in [-0.2, 0) is 13.0 Å². The lowest BCUT2D eigenvalue weighted by Gasteiger charge is -2.26. The maximum absolute atomic E-state index is 13.5.